The van der Waals surface area contributed by atoms with Crippen molar-refractivity contribution in [2.24, 2.45) is 0 Å². The molecule has 2 N–H and O–H groups in total. The van der Waals surface area contributed by atoms with Crippen LogP contribution in [0.3, 0.4) is 0 Å². The maximum absolute atomic E-state index is 12.5. The van der Waals surface area contributed by atoms with Crippen LogP contribution in [0.4, 0.5) is 5.69 Å². The summed E-state index contributed by atoms with van der Waals surface area (Å²) < 4.78 is 26.4. The molecule has 3 rings (SSSR count). The zero-order valence-corrected chi connectivity index (χ0v) is 19.0. The van der Waals surface area contributed by atoms with Crippen LogP contribution in [0.2, 0.25) is 0 Å². The molecule has 0 saturated heterocycles. The molecule has 0 aromatic heterocycles. The van der Waals surface area contributed by atoms with Gasteiger partial charge in [0.1, 0.15) is 0 Å². The summed E-state index contributed by atoms with van der Waals surface area (Å²) in [4.78, 5) is 1.98. The number of aliphatic hydroxyl groups is 2. The highest BCUT2D eigenvalue weighted by Gasteiger charge is 2.20. The highest BCUT2D eigenvalue weighted by atomic mass is 32.2. The molecular formula is C25H30N2O4S. The molecule has 7 heteroatoms. The second-order valence-electron chi connectivity index (χ2n) is 7.81. The fraction of sp³-hybridized carbons (Fsp3) is 0.280. The Morgan fingerprint density at radius 1 is 0.844 bits per heavy atom. The highest BCUT2D eigenvalue weighted by molar-refractivity contribution is 7.92. The largest absolute Gasteiger partial charge is 0.395 e. The number of aliphatic hydroxyl groups excluding tert-OH is 2. The summed E-state index contributed by atoms with van der Waals surface area (Å²) in [6.45, 7) is 1.54. The Morgan fingerprint density at radius 2 is 1.44 bits per heavy atom. The Kier molecular flexibility index (Phi) is 8.41. The molecule has 0 aliphatic rings. The smallest absolute Gasteiger partial charge is 0.232 e. The molecule has 0 aliphatic carbocycles. The molecule has 0 saturated carbocycles. The van der Waals surface area contributed by atoms with E-state index in [0.29, 0.717) is 30.9 Å². The standard InChI is InChI=1S/C25H30N2O4S/c1-32(30,31)27(19-22-11-6-3-7-12-22)24-14-8-13-23(17-24)25(29)20-26(15-16-28)18-21-9-4-2-5-10-21/h2-14,17,25,28-29H,15-16,18-20H2,1H3. The van der Waals surface area contributed by atoms with Crippen molar-refractivity contribution in [3.05, 3.63) is 102 Å². The van der Waals surface area contributed by atoms with E-state index in [1.807, 2.05) is 65.6 Å². The minimum Gasteiger partial charge on any atom is -0.395 e. The minimum absolute atomic E-state index is 0.0154. The van der Waals surface area contributed by atoms with Gasteiger partial charge in [0.2, 0.25) is 10.0 Å². The van der Waals surface area contributed by atoms with E-state index >= 15 is 0 Å². The van der Waals surface area contributed by atoms with Crippen molar-refractivity contribution in [2.45, 2.75) is 19.2 Å². The van der Waals surface area contributed by atoms with Crippen molar-refractivity contribution in [3.63, 3.8) is 0 Å². The second kappa shape index (κ2) is 11.2. The number of rotatable bonds is 11. The molecule has 3 aromatic rings. The molecule has 1 atom stereocenters. The van der Waals surface area contributed by atoms with Crippen molar-refractivity contribution >= 4 is 15.7 Å². The number of anilines is 1. The third-order valence-electron chi connectivity index (χ3n) is 5.21. The fourth-order valence-electron chi connectivity index (χ4n) is 3.60. The lowest BCUT2D eigenvalue weighted by Gasteiger charge is -2.26. The van der Waals surface area contributed by atoms with E-state index in [4.69, 9.17) is 0 Å². The van der Waals surface area contributed by atoms with Crippen molar-refractivity contribution in [1.82, 2.24) is 4.90 Å². The number of hydrogen-bond donors (Lipinski definition) is 2. The summed E-state index contributed by atoms with van der Waals surface area (Å²) >= 11 is 0. The lowest BCUT2D eigenvalue weighted by Crippen LogP contribution is -2.31. The van der Waals surface area contributed by atoms with Crippen molar-refractivity contribution in [1.29, 1.82) is 0 Å². The maximum atomic E-state index is 12.5. The van der Waals surface area contributed by atoms with Crippen LogP contribution < -0.4 is 4.31 Å². The molecule has 0 heterocycles. The molecule has 0 radical (unpaired) electrons. The van der Waals surface area contributed by atoms with Crippen LogP contribution in [0, 0.1) is 0 Å². The highest BCUT2D eigenvalue weighted by Crippen LogP contribution is 2.25. The molecular weight excluding hydrogens is 424 g/mol. The van der Waals surface area contributed by atoms with Gasteiger partial charge in [0.25, 0.3) is 0 Å². The van der Waals surface area contributed by atoms with Gasteiger partial charge in [-0.3, -0.25) is 9.21 Å². The summed E-state index contributed by atoms with van der Waals surface area (Å²) in [5.41, 5.74) is 3.10. The van der Waals surface area contributed by atoms with Gasteiger partial charge in [-0.15, -0.1) is 0 Å². The molecule has 0 aliphatic heterocycles. The van der Waals surface area contributed by atoms with E-state index in [0.717, 1.165) is 11.1 Å². The third-order valence-corrected chi connectivity index (χ3v) is 6.35. The quantitative estimate of drug-likeness (QED) is 0.465. The summed E-state index contributed by atoms with van der Waals surface area (Å²) in [6, 6.07) is 26.3. The van der Waals surface area contributed by atoms with Crippen LogP contribution in [0.25, 0.3) is 0 Å². The van der Waals surface area contributed by atoms with E-state index in [-0.39, 0.29) is 13.2 Å². The van der Waals surface area contributed by atoms with Crippen LogP contribution in [-0.4, -0.2) is 49.5 Å². The van der Waals surface area contributed by atoms with Crippen molar-refractivity contribution in [2.75, 3.05) is 30.3 Å². The van der Waals surface area contributed by atoms with E-state index in [9.17, 15) is 18.6 Å². The molecule has 0 fully saturated rings. The Morgan fingerprint density at radius 3 is 2.00 bits per heavy atom. The first kappa shape index (κ1) is 23.9. The Hall–Kier alpha value is -2.71. The summed E-state index contributed by atoms with van der Waals surface area (Å²) in [5.74, 6) is 0. The summed E-state index contributed by atoms with van der Waals surface area (Å²) in [7, 11) is -3.52. The molecule has 32 heavy (non-hydrogen) atoms. The Balaban J connectivity index is 1.79. The SMILES string of the molecule is CS(=O)(=O)N(Cc1ccccc1)c1cccc(C(O)CN(CCO)Cc2ccccc2)c1. The van der Waals surface area contributed by atoms with Gasteiger partial charge in [0.05, 0.1) is 31.2 Å². The molecule has 0 spiro atoms. The summed E-state index contributed by atoms with van der Waals surface area (Å²) in [6.07, 6.45) is 0.352. The lowest BCUT2D eigenvalue weighted by atomic mass is 10.1. The van der Waals surface area contributed by atoms with Crippen LogP contribution >= 0.6 is 0 Å². The molecule has 6 nitrogen and oxygen atoms in total. The number of benzene rings is 3. The van der Waals surface area contributed by atoms with Crippen LogP contribution in [0.15, 0.2) is 84.9 Å². The van der Waals surface area contributed by atoms with Crippen molar-refractivity contribution < 1.29 is 18.6 Å². The molecule has 0 amide bonds. The topological polar surface area (TPSA) is 81.1 Å². The molecule has 170 valence electrons. The van der Waals surface area contributed by atoms with Gasteiger partial charge in [-0.25, -0.2) is 8.42 Å². The fourth-order valence-corrected chi connectivity index (χ4v) is 4.48. The summed E-state index contributed by atoms with van der Waals surface area (Å²) in [5, 5.41) is 20.4. The maximum Gasteiger partial charge on any atom is 0.232 e. The van der Waals surface area contributed by atoms with Gasteiger partial charge in [-0.1, -0.05) is 72.8 Å². The monoisotopic (exact) mass is 454 g/mol. The van der Waals surface area contributed by atoms with Crippen LogP contribution in [0.5, 0.6) is 0 Å². The van der Waals surface area contributed by atoms with Gasteiger partial charge in [-0.2, -0.15) is 0 Å². The van der Waals surface area contributed by atoms with E-state index < -0.39 is 16.1 Å². The number of nitrogens with zero attached hydrogens (tertiary/aromatic N) is 2. The van der Waals surface area contributed by atoms with Crippen LogP contribution in [0.1, 0.15) is 22.8 Å². The number of hydrogen-bond acceptors (Lipinski definition) is 5. The van der Waals surface area contributed by atoms with Gasteiger partial charge in [0, 0.05) is 19.6 Å². The minimum atomic E-state index is -3.52. The van der Waals surface area contributed by atoms with E-state index in [1.165, 1.54) is 10.6 Å². The number of sulfonamides is 1. The second-order valence-corrected chi connectivity index (χ2v) is 9.72. The average Bonchev–Trinajstić information content (AvgIpc) is 2.78. The Labute approximate surface area is 190 Å². The van der Waals surface area contributed by atoms with Crippen LogP contribution in [-0.2, 0) is 23.1 Å². The normalized spacial score (nSPS) is 12.6. The van der Waals surface area contributed by atoms with E-state index in [1.54, 1.807) is 24.3 Å². The first-order chi connectivity index (χ1) is 15.4. The lowest BCUT2D eigenvalue weighted by molar-refractivity contribution is 0.0957. The third kappa shape index (κ3) is 6.90. The zero-order chi connectivity index (χ0) is 23.0. The van der Waals surface area contributed by atoms with E-state index in [2.05, 4.69) is 0 Å². The van der Waals surface area contributed by atoms with Crippen molar-refractivity contribution in [3.8, 4) is 0 Å². The average molecular weight is 455 g/mol. The van der Waals surface area contributed by atoms with Gasteiger partial charge >= 0.3 is 0 Å². The van der Waals surface area contributed by atoms with Gasteiger partial charge in [-0.05, 0) is 28.8 Å². The zero-order valence-electron chi connectivity index (χ0n) is 18.2. The first-order valence-corrected chi connectivity index (χ1v) is 12.4. The predicted octanol–water partition coefficient (Wildman–Crippen LogP) is 3.18. The Bertz CT molecular complexity index is 1080. The predicted molar refractivity (Wildman–Crippen MR) is 128 cm³/mol. The molecule has 3 aromatic carbocycles. The van der Waals surface area contributed by atoms with Gasteiger partial charge in [0.15, 0.2) is 0 Å². The molecule has 0 bridgehead atoms. The first-order valence-electron chi connectivity index (χ1n) is 10.5. The molecule has 1 unspecified atom stereocenters. The van der Waals surface area contributed by atoms with Gasteiger partial charge < -0.3 is 10.2 Å².